The van der Waals surface area contributed by atoms with E-state index in [1.807, 2.05) is 76.2 Å². The summed E-state index contributed by atoms with van der Waals surface area (Å²) in [5, 5.41) is 0. The number of rotatable bonds is 13. The summed E-state index contributed by atoms with van der Waals surface area (Å²) < 4.78 is 157. The van der Waals surface area contributed by atoms with Gasteiger partial charge in [-0.1, -0.05) is 132 Å². The molecule has 1 aliphatic rings. The monoisotopic (exact) mass is 912 g/mol. The van der Waals surface area contributed by atoms with Gasteiger partial charge in [-0.15, -0.1) is 0 Å². The third-order valence-corrected chi connectivity index (χ3v) is 10.9. The largest absolute Gasteiger partial charge is 0.598 e. The van der Waals surface area contributed by atoms with Crippen molar-refractivity contribution in [3.8, 4) is 28.1 Å². The maximum Gasteiger partial charge on any atom is 0.598 e. The summed E-state index contributed by atoms with van der Waals surface area (Å²) in [4.78, 5) is 4.98. The summed E-state index contributed by atoms with van der Waals surface area (Å²) in [6.07, 6.45) is -9.14. The van der Waals surface area contributed by atoms with Gasteiger partial charge in [-0.3, -0.25) is 0 Å². The molecule has 0 fully saturated rings. The molecule has 2 heterocycles. The van der Waals surface area contributed by atoms with Crippen LogP contribution in [0.2, 0.25) is 0 Å². The van der Waals surface area contributed by atoms with Gasteiger partial charge in [0, 0.05) is 28.1 Å². The molecule has 0 saturated carbocycles. The van der Waals surface area contributed by atoms with Crippen LogP contribution in [0.1, 0.15) is 75.1 Å². The van der Waals surface area contributed by atoms with Gasteiger partial charge in [0.1, 0.15) is 19.0 Å². The SMILES string of the molecule is COc1ccc(-c2cc(-c3ccc(C(C)(C)C)cc3)n(B(OCC(F)(F)C(F)(F)F)OCC(F)(F)C(F)(F)F)c2/C=C2\N=C(c3ccc(C(C)(C)C)cc3)C=C2c2ccc(C)cc2)cc1. The molecule has 1 aliphatic heterocycles. The lowest BCUT2D eigenvalue weighted by Gasteiger charge is -2.26. The molecule has 0 amide bonds. The van der Waals surface area contributed by atoms with Crippen molar-refractivity contribution in [2.45, 2.75) is 83.5 Å². The van der Waals surface area contributed by atoms with Crippen LogP contribution in [0.15, 0.2) is 120 Å². The molecule has 344 valence electrons. The van der Waals surface area contributed by atoms with Gasteiger partial charge in [-0.05, 0) is 75.9 Å². The fraction of sp³-hybridized carbons (Fsp3) is 0.327. The Kier molecular flexibility index (Phi) is 13.5. The Bertz CT molecular complexity index is 2530. The zero-order chi connectivity index (χ0) is 47.9. The molecule has 0 bridgehead atoms. The third kappa shape index (κ3) is 10.9. The lowest BCUT2D eigenvalue weighted by Crippen LogP contribution is -2.48. The van der Waals surface area contributed by atoms with Gasteiger partial charge in [0.15, 0.2) is 0 Å². The first-order valence-electron chi connectivity index (χ1n) is 20.4. The molecular weight excluding hydrogens is 865 g/mol. The highest BCUT2D eigenvalue weighted by molar-refractivity contribution is 6.44. The van der Waals surface area contributed by atoms with E-state index in [0.29, 0.717) is 33.7 Å². The predicted molar refractivity (Wildman–Crippen MR) is 234 cm³/mol. The van der Waals surface area contributed by atoms with Gasteiger partial charge in [-0.2, -0.15) is 43.9 Å². The molecule has 4 aromatic carbocycles. The number of benzene rings is 4. The van der Waals surface area contributed by atoms with Crippen LogP contribution in [0.25, 0.3) is 34.0 Å². The number of aryl methyl sites for hydroxylation is 1. The number of methoxy groups -OCH3 is 1. The van der Waals surface area contributed by atoms with Crippen LogP contribution in [0, 0.1) is 6.92 Å². The number of hydrogen-bond acceptors (Lipinski definition) is 4. The normalized spacial score (nSPS) is 14.8. The Morgan fingerprint density at radius 2 is 1.03 bits per heavy atom. The van der Waals surface area contributed by atoms with Crippen LogP contribution < -0.4 is 4.74 Å². The molecule has 0 radical (unpaired) electrons. The number of aliphatic imine (C=N–C) groups is 1. The number of hydrogen-bond donors (Lipinski definition) is 0. The molecule has 16 heteroatoms. The molecule has 6 rings (SSSR count). The van der Waals surface area contributed by atoms with Crippen molar-refractivity contribution < 1.29 is 57.9 Å². The number of ether oxygens (including phenoxy) is 1. The van der Waals surface area contributed by atoms with E-state index in [-0.39, 0.29) is 39.0 Å². The van der Waals surface area contributed by atoms with E-state index >= 15 is 0 Å². The van der Waals surface area contributed by atoms with Gasteiger partial charge in [-0.25, -0.2) is 4.99 Å². The molecular formula is C49H47BF10N2O3. The lowest BCUT2D eigenvalue weighted by atomic mass is 9.86. The van der Waals surface area contributed by atoms with Gasteiger partial charge in [0.2, 0.25) is 0 Å². The average molecular weight is 913 g/mol. The van der Waals surface area contributed by atoms with Crippen molar-refractivity contribution in [1.82, 2.24) is 4.48 Å². The Labute approximate surface area is 371 Å². The van der Waals surface area contributed by atoms with E-state index in [0.717, 1.165) is 21.2 Å². The number of nitrogens with zero attached hydrogens (tertiary/aromatic N) is 2. The summed E-state index contributed by atoms with van der Waals surface area (Å²) >= 11 is 0. The molecule has 1 aromatic heterocycles. The minimum absolute atomic E-state index is 0.0559. The van der Waals surface area contributed by atoms with Gasteiger partial charge < -0.3 is 18.5 Å². The minimum Gasteiger partial charge on any atom is -0.497 e. The van der Waals surface area contributed by atoms with E-state index in [9.17, 15) is 43.9 Å². The number of allylic oxidation sites excluding steroid dienone is 2. The summed E-state index contributed by atoms with van der Waals surface area (Å²) in [7, 11) is -1.31. The molecule has 0 saturated heterocycles. The number of alkyl halides is 10. The smallest absolute Gasteiger partial charge is 0.497 e. The zero-order valence-electron chi connectivity index (χ0n) is 36.9. The molecule has 0 unspecified atom stereocenters. The van der Waals surface area contributed by atoms with Gasteiger partial charge in [0.25, 0.3) is 0 Å². The van der Waals surface area contributed by atoms with Crippen molar-refractivity contribution in [2.24, 2.45) is 4.99 Å². The van der Waals surface area contributed by atoms with Gasteiger partial charge >= 0.3 is 31.5 Å². The van der Waals surface area contributed by atoms with E-state index in [1.165, 1.54) is 19.3 Å². The molecule has 0 aliphatic carbocycles. The Balaban J connectivity index is 1.69. The van der Waals surface area contributed by atoms with Crippen LogP contribution in [-0.2, 0) is 20.1 Å². The first-order chi connectivity index (χ1) is 30.1. The number of aromatic nitrogens is 1. The van der Waals surface area contributed by atoms with Crippen LogP contribution in [0.4, 0.5) is 43.9 Å². The maximum atomic E-state index is 14.7. The lowest BCUT2D eigenvalue weighted by molar-refractivity contribution is -0.295. The average Bonchev–Trinajstić information content (AvgIpc) is 3.82. The minimum atomic E-state index is -6.19. The first kappa shape index (κ1) is 48.8. The van der Waals surface area contributed by atoms with E-state index in [4.69, 9.17) is 19.0 Å². The predicted octanol–water partition coefficient (Wildman–Crippen LogP) is 13.9. The third-order valence-electron chi connectivity index (χ3n) is 10.9. The molecule has 5 nitrogen and oxygen atoms in total. The molecule has 0 N–H and O–H groups in total. The van der Waals surface area contributed by atoms with Crippen LogP contribution in [0.3, 0.4) is 0 Å². The Morgan fingerprint density at radius 3 is 1.48 bits per heavy atom. The topological polar surface area (TPSA) is 45.0 Å². The summed E-state index contributed by atoms with van der Waals surface area (Å²) in [6, 6.07) is 29.6. The second-order valence-electron chi connectivity index (χ2n) is 17.9. The maximum absolute atomic E-state index is 14.7. The standard InChI is InChI=1S/C49H47BF10N2O3/c1-30-9-11-31(12-10-30)38-25-40(33-13-19-35(20-14-33)44(2,3)4)61-41(38)27-43-39(32-17-23-37(63-8)24-18-32)26-42(34-15-21-36(22-16-34)45(5,6)7)62(43)50(64-28-46(51,52)48(55,56)57)65-29-47(53,54)49(58,59)60/h9-27H,28-29H2,1-8H3/b41-27-. The molecule has 0 atom stereocenters. The van der Waals surface area contributed by atoms with Crippen LogP contribution in [0.5, 0.6) is 5.75 Å². The Hall–Kier alpha value is -5.61. The van der Waals surface area contributed by atoms with Crippen molar-refractivity contribution in [2.75, 3.05) is 20.3 Å². The van der Waals surface area contributed by atoms with E-state index in [1.54, 1.807) is 54.6 Å². The van der Waals surface area contributed by atoms with E-state index < -0.39 is 44.7 Å². The van der Waals surface area contributed by atoms with Crippen LogP contribution in [-0.4, -0.2) is 62.0 Å². The first-order valence-corrected chi connectivity index (χ1v) is 20.4. The summed E-state index contributed by atoms with van der Waals surface area (Å²) in [5.74, 6) is -10.8. The van der Waals surface area contributed by atoms with Gasteiger partial charge in [0.05, 0.1) is 18.5 Å². The highest BCUT2D eigenvalue weighted by Crippen LogP contribution is 2.42. The summed E-state index contributed by atoms with van der Waals surface area (Å²) in [6.45, 7) is 8.86. The fourth-order valence-electron chi connectivity index (χ4n) is 6.92. The molecule has 0 spiro atoms. The van der Waals surface area contributed by atoms with Crippen molar-refractivity contribution in [3.63, 3.8) is 0 Å². The van der Waals surface area contributed by atoms with E-state index in [2.05, 4.69) is 20.8 Å². The number of halogens is 10. The van der Waals surface area contributed by atoms with Crippen LogP contribution >= 0.6 is 0 Å². The highest BCUT2D eigenvalue weighted by atomic mass is 19.4. The van der Waals surface area contributed by atoms with Crippen molar-refractivity contribution in [1.29, 1.82) is 0 Å². The zero-order valence-corrected chi connectivity index (χ0v) is 36.9. The highest BCUT2D eigenvalue weighted by Gasteiger charge is 2.60. The molecule has 5 aromatic rings. The second kappa shape index (κ2) is 18.0. The Morgan fingerprint density at radius 1 is 0.585 bits per heavy atom. The fourth-order valence-corrected chi connectivity index (χ4v) is 6.92. The quantitative estimate of drug-likeness (QED) is 0.0873. The second-order valence-corrected chi connectivity index (χ2v) is 17.9. The van der Waals surface area contributed by atoms with Crippen molar-refractivity contribution in [3.05, 3.63) is 148 Å². The summed E-state index contributed by atoms with van der Waals surface area (Å²) in [5.41, 5.74) is 5.52. The van der Waals surface area contributed by atoms with Crippen molar-refractivity contribution >= 4 is 24.6 Å². The molecule has 65 heavy (non-hydrogen) atoms.